The number of nitrogens with one attached hydrogen (secondary N) is 3. The van der Waals surface area contributed by atoms with Gasteiger partial charge in [0.1, 0.15) is 6.04 Å². The van der Waals surface area contributed by atoms with Crippen molar-refractivity contribution in [2.45, 2.75) is 45.2 Å². The minimum atomic E-state index is -0.328. The fourth-order valence-electron chi connectivity index (χ4n) is 3.85. The van der Waals surface area contributed by atoms with Gasteiger partial charge in [0.05, 0.1) is 5.71 Å². The van der Waals surface area contributed by atoms with Gasteiger partial charge in [0.2, 0.25) is 0 Å². The highest BCUT2D eigenvalue weighted by atomic mass is 16.2. The first-order chi connectivity index (χ1) is 14.7. The molecular formula is C25H28N4O. The Morgan fingerprint density at radius 3 is 2.50 bits per heavy atom. The molecule has 4 rings (SSSR count). The third kappa shape index (κ3) is 4.42. The van der Waals surface area contributed by atoms with Crippen molar-refractivity contribution in [2.75, 3.05) is 0 Å². The van der Waals surface area contributed by atoms with Gasteiger partial charge in [-0.25, -0.2) is 16.3 Å². The third-order valence-corrected chi connectivity index (χ3v) is 5.73. The molecule has 30 heavy (non-hydrogen) atoms. The van der Waals surface area contributed by atoms with Gasteiger partial charge in [-0.3, -0.25) is 4.79 Å². The van der Waals surface area contributed by atoms with E-state index in [0.717, 1.165) is 24.1 Å². The summed E-state index contributed by atoms with van der Waals surface area (Å²) in [5.74, 6) is -0.123. The molecule has 0 bridgehead atoms. The van der Waals surface area contributed by atoms with Gasteiger partial charge in [-0.05, 0) is 52.8 Å². The van der Waals surface area contributed by atoms with Gasteiger partial charge in [0.25, 0.3) is 5.91 Å². The summed E-state index contributed by atoms with van der Waals surface area (Å²) in [6.07, 6.45) is 2.43. The normalized spacial score (nSPS) is 19.2. The molecule has 0 saturated carbocycles. The zero-order valence-corrected chi connectivity index (χ0v) is 17.5. The molecule has 2 atom stereocenters. The summed E-state index contributed by atoms with van der Waals surface area (Å²) in [6.45, 7) is 4.18. The molecule has 1 heterocycles. The summed E-state index contributed by atoms with van der Waals surface area (Å²) >= 11 is 0. The van der Waals surface area contributed by atoms with Crippen molar-refractivity contribution in [2.24, 2.45) is 5.10 Å². The van der Waals surface area contributed by atoms with Crippen molar-refractivity contribution in [3.8, 4) is 0 Å². The Kier molecular flexibility index (Phi) is 6.21. The summed E-state index contributed by atoms with van der Waals surface area (Å²) < 4.78 is 0. The van der Waals surface area contributed by atoms with Gasteiger partial charge in [0, 0.05) is 6.04 Å². The van der Waals surface area contributed by atoms with E-state index in [2.05, 4.69) is 82.9 Å². The highest BCUT2D eigenvalue weighted by molar-refractivity contribution is 6.01. The van der Waals surface area contributed by atoms with E-state index >= 15 is 0 Å². The van der Waals surface area contributed by atoms with Crippen LogP contribution in [-0.2, 0) is 11.2 Å². The molecule has 1 aliphatic rings. The highest BCUT2D eigenvalue weighted by Gasteiger charge is 2.30. The number of carbonyl (C=O) groups is 1. The number of amides is 1. The Morgan fingerprint density at radius 2 is 1.77 bits per heavy atom. The first-order valence-electron chi connectivity index (χ1n) is 10.6. The van der Waals surface area contributed by atoms with Crippen molar-refractivity contribution in [1.29, 1.82) is 0 Å². The molecule has 3 aromatic carbocycles. The second-order valence-electron chi connectivity index (χ2n) is 7.67. The van der Waals surface area contributed by atoms with E-state index in [4.69, 9.17) is 0 Å². The number of hydrazone groups is 1. The van der Waals surface area contributed by atoms with Crippen molar-refractivity contribution >= 4 is 22.4 Å². The van der Waals surface area contributed by atoms with Gasteiger partial charge in [-0.1, -0.05) is 74.5 Å². The molecule has 3 aromatic rings. The van der Waals surface area contributed by atoms with Crippen LogP contribution in [-0.4, -0.2) is 17.7 Å². The van der Waals surface area contributed by atoms with Crippen LogP contribution in [0.2, 0.25) is 0 Å². The van der Waals surface area contributed by atoms with Gasteiger partial charge < -0.3 is 0 Å². The van der Waals surface area contributed by atoms with Crippen LogP contribution < -0.4 is 16.3 Å². The van der Waals surface area contributed by atoms with Crippen LogP contribution in [0.25, 0.3) is 10.8 Å². The lowest BCUT2D eigenvalue weighted by Crippen LogP contribution is -2.41. The molecule has 0 aromatic heterocycles. The van der Waals surface area contributed by atoms with E-state index in [1.165, 1.54) is 21.9 Å². The van der Waals surface area contributed by atoms with Crippen LogP contribution in [0.4, 0.5) is 0 Å². The quantitative estimate of drug-likeness (QED) is 0.428. The lowest BCUT2D eigenvalue weighted by atomic mass is 9.99. The van der Waals surface area contributed by atoms with E-state index < -0.39 is 0 Å². The van der Waals surface area contributed by atoms with Crippen molar-refractivity contribution in [3.63, 3.8) is 0 Å². The van der Waals surface area contributed by atoms with Crippen LogP contribution in [0.5, 0.6) is 0 Å². The number of rotatable bonds is 6. The van der Waals surface area contributed by atoms with E-state index in [1.807, 2.05) is 19.1 Å². The molecule has 1 fully saturated rings. The summed E-state index contributed by atoms with van der Waals surface area (Å²) in [5, 5.41) is 6.82. The summed E-state index contributed by atoms with van der Waals surface area (Å²) in [4.78, 5) is 12.7. The van der Waals surface area contributed by atoms with Gasteiger partial charge in [-0.2, -0.15) is 5.10 Å². The fraction of sp³-hybridized carbons (Fsp3) is 0.280. The summed E-state index contributed by atoms with van der Waals surface area (Å²) in [6, 6.07) is 22.8. The zero-order valence-electron chi connectivity index (χ0n) is 17.5. The van der Waals surface area contributed by atoms with Crippen LogP contribution in [0.3, 0.4) is 0 Å². The lowest BCUT2D eigenvalue weighted by molar-refractivity contribution is -0.122. The number of nitrogens with zero attached hydrogens (tertiary/aromatic N) is 1. The molecule has 1 aliphatic heterocycles. The predicted octanol–water partition coefficient (Wildman–Crippen LogP) is 4.24. The maximum Gasteiger partial charge on any atom is 0.258 e. The Labute approximate surface area is 177 Å². The molecule has 0 spiro atoms. The maximum atomic E-state index is 12.7. The smallest absolute Gasteiger partial charge is 0.258 e. The maximum absolute atomic E-state index is 12.7. The monoisotopic (exact) mass is 400 g/mol. The van der Waals surface area contributed by atoms with Crippen LogP contribution in [0.15, 0.2) is 71.8 Å². The van der Waals surface area contributed by atoms with E-state index in [0.29, 0.717) is 6.42 Å². The number of hydrazine groups is 1. The van der Waals surface area contributed by atoms with Crippen LogP contribution in [0, 0.1) is 0 Å². The molecule has 154 valence electrons. The van der Waals surface area contributed by atoms with Gasteiger partial charge >= 0.3 is 0 Å². The van der Waals surface area contributed by atoms with E-state index in [-0.39, 0.29) is 18.0 Å². The average Bonchev–Trinajstić information content (AvgIpc) is 3.30. The Morgan fingerprint density at radius 1 is 1.00 bits per heavy atom. The first kappa shape index (κ1) is 20.3. The van der Waals surface area contributed by atoms with Crippen molar-refractivity contribution < 1.29 is 4.79 Å². The van der Waals surface area contributed by atoms with Crippen molar-refractivity contribution in [3.05, 3.63) is 83.4 Å². The minimum absolute atomic E-state index is 0.0848. The number of fused-ring (bicyclic) bond motifs is 1. The summed E-state index contributed by atoms with van der Waals surface area (Å²) in [5.41, 5.74) is 13.5. The van der Waals surface area contributed by atoms with E-state index in [9.17, 15) is 4.79 Å². The molecule has 3 N–H and O–H groups in total. The molecule has 1 saturated heterocycles. The Balaban J connectivity index is 1.40. The summed E-state index contributed by atoms with van der Waals surface area (Å²) in [7, 11) is 0. The molecule has 2 unspecified atom stereocenters. The second kappa shape index (κ2) is 9.20. The standard InChI is InChI=1S/C25H28N4O/c1-3-17-9-11-19(12-10-17)22(4-2)26-29-25(30)24-16-23(27-28-24)21-14-13-18-7-5-6-8-20(18)15-21/h5-15,23-24,27-28H,3-4,16H2,1-2H3,(H,29,30)/b26-22+. The third-order valence-electron chi connectivity index (χ3n) is 5.73. The number of carbonyl (C=O) groups excluding carboxylic acids is 1. The molecule has 5 heteroatoms. The average molecular weight is 401 g/mol. The van der Waals surface area contributed by atoms with Crippen LogP contribution >= 0.6 is 0 Å². The number of benzene rings is 3. The molecule has 1 amide bonds. The minimum Gasteiger partial charge on any atom is -0.271 e. The van der Waals surface area contributed by atoms with Crippen molar-refractivity contribution in [1.82, 2.24) is 16.3 Å². The zero-order chi connectivity index (χ0) is 20.9. The predicted molar refractivity (Wildman–Crippen MR) is 122 cm³/mol. The van der Waals surface area contributed by atoms with Gasteiger partial charge in [-0.15, -0.1) is 0 Å². The Bertz CT molecular complexity index is 1060. The highest BCUT2D eigenvalue weighted by Crippen LogP contribution is 2.25. The second-order valence-corrected chi connectivity index (χ2v) is 7.67. The molecule has 5 nitrogen and oxygen atoms in total. The molecule has 0 radical (unpaired) electrons. The molecular weight excluding hydrogens is 372 g/mol. The topological polar surface area (TPSA) is 65.5 Å². The largest absolute Gasteiger partial charge is 0.271 e. The fourth-order valence-corrected chi connectivity index (χ4v) is 3.85. The number of aryl methyl sites for hydroxylation is 1. The SMILES string of the molecule is CC/C(=N\NC(=O)C1CC(c2ccc3ccccc3c2)NN1)c1ccc(CC)cc1. The lowest BCUT2D eigenvalue weighted by Gasteiger charge is -2.11. The first-order valence-corrected chi connectivity index (χ1v) is 10.6. The number of hydrogen-bond acceptors (Lipinski definition) is 4. The number of hydrogen-bond donors (Lipinski definition) is 3. The van der Waals surface area contributed by atoms with Crippen LogP contribution in [0.1, 0.15) is 49.4 Å². The molecule has 0 aliphatic carbocycles. The van der Waals surface area contributed by atoms with E-state index in [1.54, 1.807) is 0 Å². The Hall–Kier alpha value is -3.02. The van der Waals surface area contributed by atoms with Gasteiger partial charge in [0.15, 0.2) is 0 Å².